The fraction of sp³-hybridized carbons (Fsp3) is 0.321. The zero-order valence-electron chi connectivity index (χ0n) is 17.8. The molecule has 0 saturated carbocycles. The molecule has 30 heavy (non-hydrogen) atoms. The summed E-state index contributed by atoms with van der Waals surface area (Å²) in [5.41, 5.74) is 4.42. The molecule has 3 aromatic rings. The highest BCUT2D eigenvalue weighted by Gasteiger charge is 2.43. The number of hydrogen-bond donors (Lipinski definition) is 0. The summed E-state index contributed by atoms with van der Waals surface area (Å²) in [6, 6.07) is 29.2. The lowest BCUT2D eigenvalue weighted by atomic mass is 9.78. The van der Waals surface area contributed by atoms with Crippen LogP contribution in [0.1, 0.15) is 54.6 Å². The van der Waals surface area contributed by atoms with Gasteiger partial charge in [-0.2, -0.15) is 0 Å². The smallest absolute Gasteiger partial charge is 0.169 e. The van der Waals surface area contributed by atoms with Gasteiger partial charge in [-0.3, -0.25) is 9.69 Å². The molecule has 0 bridgehead atoms. The minimum Gasteiger partial charge on any atom is -0.295 e. The highest BCUT2D eigenvalue weighted by Crippen LogP contribution is 2.41. The summed E-state index contributed by atoms with van der Waals surface area (Å²) >= 11 is 0. The molecule has 0 N–H and O–H groups in total. The number of carbonyl (C=O) groups excluding carboxylic acids is 1. The largest absolute Gasteiger partial charge is 0.295 e. The number of ketones is 1. The van der Waals surface area contributed by atoms with Crippen LogP contribution >= 0.6 is 0 Å². The van der Waals surface area contributed by atoms with Gasteiger partial charge in [-0.1, -0.05) is 111 Å². The number of unbranched alkanes of at least 4 members (excludes halogenated alkanes) is 3. The zero-order valence-corrected chi connectivity index (χ0v) is 17.8. The summed E-state index contributed by atoms with van der Waals surface area (Å²) in [4.78, 5) is 15.8. The molecule has 0 aromatic heterocycles. The normalized spacial score (nSPS) is 18.7. The first kappa shape index (κ1) is 20.6. The predicted molar refractivity (Wildman–Crippen MR) is 125 cm³/mol. The minimum atomic E-state index is 0.0427. The molecule has 2 atom stereocenters. The maximum Gasteiger partial charge on any atom is 0.169 e. The van der Waals surface area contributed by atoms with Crippen LogP contribution < -0.4 is 0 Å². The highest BCUT2D eigenvalue weighted by molar-refractivity contribution is 5.99. The molecule has 1 aliphatic rings. The molecule has 0 amide bonds. The number of likely N-dealkylation sites (tertiary alicyclic amines) is 1. The van der Waals surface area contributed by atoms with E-state index in [1.807, 2.05) is 36.4 Å². The maximum atomic E-state index is 13.4. The Morgan fingerprint density at radius 3 is 2.10 bits per heavy atom. The van der Waals surface area contributed by atoms with E-state index in [-0.39, 0.29) is 17.7 Å². The number of rotatable bonds is 9. The second-order valence-corrected chi connectivity index (χ2v) is 8.33. The van der Waals surface area contributed by atoms with Crippen LogP contribution in [0.25, 0.3) is 11.1 Å². The van der Waals surface area contributed by atoms with Gasteiger partial charge in [0.2, 0.25) is 0 Å². The second-order valence-electron chi connectivity index (χ2n) is 8.33. The van der Waals surface area contributed by atoms with Gasteiger partial charge in [-0.05, 0) is 29.7 Å². The highest BCUT2D eigenvalue weighted by atomic mass is 16.1. The number of benzene rings is 3. The third-order valence-corrected chi connectivity index (χ3v) is 6.26. The Kier molecular flexibility index (Phi) is 6.76. The second kappa shape index (κ2) is 9.86. The van der Waals surface area contributed by atoms with Gasteiger partial charge in [0.1, 0.15) is 0 Å². The van der Waals surface area contributed by atoms with E-state index in [4.69, 9.17) is 0 Å². The molecule has 1 fully saturated rings. The van der Waals surface area contributed by atoms with Gasteiger partial charge in [0.15, 0.2) is 5.78 Å². The van der Waals surface area contributed by atoms with Gasteiger partial charge in [0.25, 0.3) is 0 Å². The molecule has 0 aliphatic carbocycles. The van der Waals surface area contributed by atoms with E-state index in [0.717, 1.165) is 24.2 Å². The number of Topliss-reactive ketones (excluding diaryl/α,β-unsaturated/α-hetero) is 1. The van der Waals surface area contributed by atoms with Gasteiger partial charge in [-0.25, -0.2) is 0 Å². The van der Waals surface area contributed by atoms with Crippen molar-refractivity contribution in [1.29, 1.82) is 0 Å². The molecule has 0 unspecified atom stereocenters. The fourth-order valence-electron chi connectivity index (χ4n) is 4.55. The third-order valence-electron chi connectivity index (χ3n) is 6.26. The third kappa shape index (κ3) is 4.55. The van der Waals surface area contributed by atoms with Crippen LogP contribution in [0.15, 0.2) is 84.9 Å². The van der Waals surface area contributed by atoms with E-state index < -0.39 is 0 Å². The van der Waals surface area contributed by atoms with Gasteiger partial charge in [-0.15, -0.1) is 0 Å². The van der Waals surface area contributed by atoms with E-state index in [1.165, 1.54) is 36.8 Å². The summed E-state index contributed by atoms with van der Waals surface area (Å²) < 4.78 is 0. The zero-order chi connectivity index (χ0) is 20.8. The Hall–Kier alpha value is -2.71. The number of carbonyl (C=O) groups is 1. The Balaban J connectivity index is 1.48. The maximum absolute atomic E-state index is 13.4. The van der Waals surface area contributed by atoms with Crippen molar-refractivity contribution >= 4 is 5.78 Å². The SMILES string of the molecule is CCCCCCN1C[C@H](C(=O)c2ccc(-c3ccccc3)cc2)[C@@H]1c1ccccc1. The van der Waals surface area contributed by atoms with Crippen molar-refractivity contribution < 1.29 is 4.79 Å². The van der Waals surface area contributed by atoms with Gasteiger partial charge in [0, 0.05) is 18.2 Å². The van der Waals surface area contributed by atoms with Crippen molar-refractivity contribution in [3.63, 3.8) is 0 Å². The van der Waals surface area contributed by atoms with E-state index in [1.54, 1.807) is 0 Å². The van der Waals surface area contributed by atoms with Gasteiger partial charge in [0.05, 0.1) is 5.92 Å². The average molecular weight is 398 g/mol. The Bertz CT molecular complexity index is 933. The summed E-state index contributed by atoms with van der Waals surface area (Å²) in [5.74, 6) is 0.314. The van der Waals surface area contributed by atoms with Crippen LogP contribution in [-0.2, 0) is 0 Å². The molecule has 1 heterocycles. The Morgan fingerprint density at radius 1 is 0.800 bits per heavy atom. The quantitative estimate of drug-likeness (QED) is 0.293. The molecule has 1 saturated heterocycles. The minimum absolute atomic E-state index is 0.0427. The standard InChI is InChI=1S/C28H31NO/c1-2-3-4-11-20-29-21-26(27(29)24-14-9-6-10-15-24)28(30)25-18-16-23(17-19-25)22-12-7-5-8-13-22/h5-10,12-19,26-27H,2-4,11,20-21H2,1H3/t26-,27-/m0/s1. The Labute approximate surface area is 180 Å². The predicted octanol–water partition coefficient (Wildman–Crippen LogP) is 6.79. The monoisotopic (exact) mass is 397 g/mol. The van der Waals surface area contributed by atoms with Crippen molar-refractivity contribution in [3.05, 3.63) is 96.1 Å². The molecule has 1 aliphatic heterocycles. The van der Waals surface area contributed by atoms with E-state index in [0.29, 0.717) is 0 Å². The van der Waals surface area contributed by atoms with E-state index >= 15 is 0 Å². The van der Waals surface area contributed by atoms with Crippen LogP contribution in [0.3, 0.4) is 0 Å². The van der Waals surface area contributed by atoms with Crippen LogP contribution in [-0.4, -0.2) is 23.8 Å². The van der Waals surface area contributed by atoms with Crippen LogP contribution in [0, 0.1) is 5.92 Å². The molecule has 0 radical (unpaired) electrons. The van der Waals surface area contributed by atoms with Crippen molar-refractivity contribution in [2.75, 3.05) is 13.1 Å². The average Bonchev–Trinajstić information content (AvgIpc) is 2.79. The molecule has 2 heteroatoms. The van der Waals surface area contributed by atoms with E-state index in [9.17, 15) is 4.79 Å². The number of nitrogens with zero attached hydrogens (tertiary/aromatic N) is 1. The summed E-state index contributed by atoms with van der Waals surface area (Å²) in [7, 11) is 0. The van der Waals surface area contributed by atoms with Crippen LogP contribution in [0.2, 0.25) is 0 Å². The number of hydrogen-bond acceptors (Lipinski definition) is 2. The summed E-state index contributed by atoms with van der Waals surface area (Å²) in [5, 5.41) is 0. The summed E-state index contributed by atoms with van der Waals surface area (Å²) in [6.07, 6.45) is 5.03. The van der Waals surface area contributed by atoms with Gasteiger partial charge >= 0.3 is 0 Å². The van der Waals surface area contributed by atoms with Crippen molar-refractivity contribution in [2.24, 2.45) is 5.92 Å². The van der Waals surface area contributed by atoms with Gasteiger partial charge < -0.3 is 0 Å². The lowest BCUT2D eigenvalue weighted by Crippen LogP contribution is -2.53. The van der Waals surface area contributed by atoms with Crippen molar-refractivity contribution in [2.45, 2.75) is 38.6 Å². The molecular weight excluding hydrogens is 366 g/mol. The van der Waals surface area contributed by atoms with Crippen molar-refractivity contribution in [3.8, 4) is 11.1 Å². The molecule has 0 spiro atoms. The molecule has 4 rings (SSSR count). The van der Waals surface area contributed by atoms with Crippen LogP contribution in [0.4, 0.5) is 0 Å². The first-order valence-electron chi connectivity index (χ1n) is 11.3. The summed E-state index contributed by atoms with van der Waals surface area (Å²) in [6.45, 7) is 4.19. The lowest BCUT2D eigenvalue weighted by Gasteiger charge is -2.48. The lowest BCUT2D eigenvalue weighted by molar-refractivity contribution is 0.0155. The Morgan fingerprint density at radius 2 is 1.43 bits per heavy atom. The molecule has 154 valence electrons. The first-order chi connectivity index (χ1) is 14.8. The molecular formula is C28H31NO. The molecule has 3 aromatic carbocycles. The fourth-order valence-corrected chi connectivity index (χ4v) is 4.55. The van der Waals surface area contributed by atoms with E-state index in [2.05, 4.69) is 60.4 Å². The van der Waals surface area contributed by atoms with Crippen LogP contribution in [0.5, 0.6) is 0 Å². The van der Waals surface area contributed by atoms with Crippen molar-refractivity contribution in [1.82, 2.24) is 4.90 Å². The topological polar surface area (TPSA) is 20.3 Å². The molecule has 2 nitrogen and oxygen atoms in total. The first-order valence-corrected chi connectivity index (χ1v) is 11.3.